The van der Waals surface area contributed by atoms with Gasteiger partial charge in [-0.05, 0) is 30.5 Å². The molecule has 2 nitrogen and oxygen atoms in total. The van der Waals surface area contributed by atoms with Crippen LogP contribution in [0, 0.1) is 5.92 Å². The molecule has 100 valence electrons. The Bertz CT molecular complexity index is 399. The monoisotopic (exact) mass is 258 g/mol. The van der Waals surface area contributed by atoms with Crippen molar-refractivity contribution in [2.75, 3.05) is 6.54 Å². The van der Waals surface area contributed by atoms with Gasteiger partial charge < -0.3 is 5.32 Å². The number of hydrogen-bond donors (Lipinski definition) is 1. The highest BCUT2D eigenvalue weighted by Gasteiger charge is 2.36. The summed E-state index contributed by atoms with van der Waals surface area (Å²) < 4.78 is 38.8. The van der Waals surface area contributed by atoms with Gasteiger partial charge in [0.05, 0.1) is 5.56 Å². The maximum atomic E-state index is 12.9. The molecule has 1 aromatic heterocycles. The minimum absolute atomic E-state index is 0.243. The minimum atomic E-state index is -4.31. The molecule has 2 rings (SSSR count). The van der Waals surface area contributed by atoms with E-state index >= 15 is 0 Å². The molecule has 0 spiro atoms. The van der Waals surface area contributed by atoms with Crippen LogP contribution in [0.25, 0.3) is 0 Å². The first-order valence-electron chi connectivity index (χ1n) is 6.27. The summed E-state index contributed by atoms with van der Waals surface area (Å²) >= 11 is 0. The number of nitrogens with zero attached hydrogens (tertiary/aromatic N) is 1. The topological polar surface area (TPSA) is 24.9 Å². The van der Waals surface area contributed by atoms with E-state index in [0.717, 1.165) is 25.3 Å². The maximum Gasteiger partial charge on any atom is 0.416 e. The molecule has 1 unspecified atom stereocenters. The molecular formula is C13H17F3N2. The van der Waals surface area contributed by atoms with Crippen LogP contribution in [0.5, 0.6) is 0 Å². The molecule has 1 N–H and O–H groups in total. The first kappa shape index (κ1) is 13.3. The molecule has 1 fully saturated rings. The molecule has 1 aliphatic rings. The van der Waals surface area contributed by atoms with Gasteiger partial charge in [0, 0.05) is 18.4 Å². The van der Waals surface area contributed by atoms with Gasteiger partial charge in [-0.1, -0.05) is 19.8 Å². The van der Waals surface area contributed by atoms with Gasteiger partial charge in [-0.2, -0.15) is 13.2 Å². The van der Waals surface area contributed by atoms with Gasteiger partial charge >= 0.3 is 6.18 Å². The molecule has 0 saturated heterocycles. The van der Waals surface area contributed by atoms with Gasteiger partial charge in [-0.3, -0.25) is 4.98 Å². The number of pyridine rings is 1. The number of hydrogen-bond acceptors (Lipinski definition) is 2. The summed E-state index contributed by atoms with van der Waals surface area (Å²) in [7, 11) is 0. The van der Waals surface area contributed by atoms with Crippen molar-refractivity contribution in [3.8, 4) is 0 Å². The van der Waals surface area contributed by atoms with Crippen LogP contribution in [-0.2, 0) is 6.18 Å². The van der Waals surface area contributed by atoms with Crippen LogP contribution in [0.15, 0.2) is 18.5 Å². The average molecular weight is 258 g/mol. The molecule has 1 atom stereocenters. The van der Waals surface area contributed by atoms with Crippen LogP contribution in [0.4, 0.5) is 13.2 Å². The van der Waals surface area contributed by atoms with Crippen LogP contribution in [0.3, 0.4) is 0 Å². The third kappa shape index (κ3) is 3.22. The van der Waals surface area contributed by atoms with Crippen molar-refractivity contribution >= 4 is 0 Å². The van der Waals surface area contributed by atoms with Crippen molar-refractivity contribution in [1.29, 1.82) is 0 Å². The Labute approximate surface area is 105 Å². The van der Waals surface area contributed by atoms with Crippen LogP contribution < -0.4 is 5.32 Å². The molecule has 18 heavy (non-hydrogen) atoms. The largest absolute Gasteiger partial charge is 0.416 e. The predicted octanol–water partition coefficient (Wildman–Crippen LogP) is 3.55. The molecular weight excluding hydrogens is 241 g/mol. The van der Waals surface area contributed by atoms with Gasteiger partial charge in [0.1, 0.15) is 0 Å². The van der Waals surface area contributed by atoms with Crippen molar-refractivity contribution < 1.29 is 13.2 Å². The fraction of sp³-hybridized carbons (Fsp3) is 0.615. The summed E-state index contributed by atoms with van der Waals surface area (Å²) in [4.78, 5) is 3.85. The zero-order chi connectivity index (χ0) is 13.2. The average Bonchev–Trinajstić information content (AvgIpc) is 3.11. The lowest BCUT2D eigenvalue weighted by Gasteiger charge is -2.21. The van der Waals surface area contributed by atoms with Gasteiger partial charge in [0.15, 0.2) is 0 Å². The second-order valence-electron chi connectivity index (χ2n) is 4.75. The number of aromatic nitrogens is 1. The van der Waals surface area contributed by atoms with Gasteiger partial charge in [-0.15, -0.1) is 0 Å². The SMILES string of the molecule is CCNC(CC1CC1)c1cnccc1C(F)(F)F. The van der Waals surface area contributed by atoms with E-state index in [9.17, 15) is 13.2 Å². The van der Waals surface area contributed by atoms with Crippen LogP contribution in [-0.4, -0.2) is 11.5 Å². The molecule has 0 aliphatic heterocycles. The third-order valence-corrected chi connectivity index (χ3v) is 3.25. The van der Waals surface area contributed by atoms with Gasteiger partial charge in [-0.25, -0.2) is 0 Å². The molecule has 1 aliphatic carbocycles. The number of halogens is 3. The van der Waals surface area contributed by atoms with Crippen LogP contribution in [0.2, 0.25) is 0 Å². The first-order chi connectivity index (χ1) is 8.52. The second-order valence-corrected chi connectivity index (χ2v) is 4.75. The molecule has 0 bridgehead atoms. The van der Waals surface area contributed by atoms with E-state index in [-0.39, 0.29) is 11.6 Å². The molecule has 0 radical (unpaired) electrons. The second kappa shape index (κ2) is 5.26. The molecule has 1 aromatic rings. The molecule has 0 aromatic carbocycles. The van der Waals surface area contributed by atoms with Gasteiger partial charge in [0.2, 0.25) is 0 Å². The standard InChI is InChI=1S/C13H17F3N2/c1-2-18-12(7-9-3-4-9)10-8-17-6-5-11(10)13(14,15)16/h5-6,8-9,12,18H,2-4,7H2,1H3. The Morgan fingerprint density at radius 3 is 2.72 bits per heavy atom. The van der Waals surface area contributed by atoms with E-state index in [1.807, 2.05) is 6.92 Å². The maximum absolute atomic E-state index is 12.9. The lowest BCUT2D eigenvalue weighted by molar-refractivity contribution is -0.138. The summed E-state index contributed by atoms with van der Waals surface area (Å²) in [6, 6.07) is 0.819. The van der Waals surface area contributed by atoms with E-state index in [0.29, 0.717) is 12.5 Å². The summed E-state index contributed by atoms with van der Waals surface area (Å²) in [6.45, 7) is 2.56. The Balaban J connectivity index is 2.27. The highest BCUT2D eigenvalue weighted by molar-refractivity contribution is 5.29. The molecule has 1 saturated carbocycles. The quantitative estimate of drug-likeness (QED) is 0.873. The Hall–Kier alpha value is -1.10. The van der Waals surface area contributed by atoms with Crippen molar-refractivity contribution in [2.24, 2.45) is 5.92 Å². The Morgan fingerprint density at radius 1 is 1.44 bits per heavy atom. The van der Waals surface area contributed by atoms with Crippen molar-refractivity contribution in [3.05, 3.63) is 29.6 Å². The third-order valence-electron chi connectivity index (χ3n) is 3.25. The fourth-order valence-corrected chi connectivity index (χ4v) is 2.20. The highest BCUT2D eigenvalue weighted by Crippen LogP contribution is 2.40. The van der Waals surface area contributed by atoms with Crippen LogP contribution >= 0.6 is 0 Å². The summed E-state index contributed by atoms with van der Waals surface area (Å²) in [5, 5.41) is 3.14. The summed E-state index contributed by atoms with van der Waals surface area (Å²) in [6.07, 6.45) is 1.26. The zero-order valence-corrected chi connectivity index (χ0v) is 10.3. The van der Waals surface area contributed by atoms with E-state index in [2.05, 4.69) is 10.3 Å². The Morgan fingerprint density at radius 2 is 2.17 bits per heavy atom. The van der Waals surface area contributed by atoms with Crippen molar-refractivity contribution in [1.82, 2.24) is 10.3 Å². The van der Waals surface area contributed by atoms with Gasteiger partial charge in [0.25, 0.3) is 0 Å². The Kier molecular flexibility index (Phi) is 3.90. The van der Waals surface area contributed by atoms with Crippen LogP contribution in [0.1, 0.15) is 43.4 Å². The lowest BCUT2D eigenvalue weighted by atomic mass is 9.98. The normalized spacial score (nSPS) is 17.8. The summed E-state index contributed by atoms with van der Waals surface area (Å²) in [5.41, 5.74) is -0.289. The zero-order valence-electron chi connectivity index (χ0n) is 10.3. The number of rotatable bonds is 5. The smallest absolute Gasteiger partial charge is 0.310 e. The minimum Gasteiger partial charge on any atom is -0.310 e. The van der Waals surface area contributed by atoms with Crippen molar-refractivity contribution in [2.45, 2.75) is 38.4 Å². The van der Waals surface area contributed by atoms with Crippen molar-refractivity contribution in [3.63, 3.8) is 0 Å². The molecule has 0 amide bonds. The number of nitrogens with one attached hydrogen (secondary N) is 1. The molecule has 1 heterocycles. The highest BCUT2D eigenvalue weighted by atomic mass is 19.4. The molecule has 5 heteroatoms. The van der Waals surface area contributed by atoms with E-state index in [1.165, 1.54) is 12.4 Å². The number of alkyl halides is 3. The first-order valence-corrected chi connectivity index (χ1v) is 6.27. The predicted molar refractivity (Wildman–Crippen MR) is 63.0 cm³/mol. The lowest BCUT2D eigenvalue weighted by Crippen LogP contribution is -2.24. The fourth-order valence-electron chi connectivity index (χ4n) is 2.20. The summed E-state index contributed by atoms with van der Waals surface area (Å²) in [5.74, 6) is 0.565. The van der Waals surface area contributed by atoms with E-state index in [1.54, 1.807) is 0 Å². The van der Waals surface area contributed by atoms with E-state index in [4.69, 9.17) is 0 Å². The van der Waals surface area contributed by atoms with E-state index < -0.39 is 11.7 Å².